The summed E-state index contributed by atoms with van der Waals surface area (Å²) in [6, 6.07) is 4.89. The normalized spacial score (nSPS) is 18.6. The van der Waals surface area contributed by atoms with E-state index in [1.165, 1.54) is 18.2 Å². The number of aryl methyl sites for hydroxylation is 1. The van der Waals surface area contributed by atoms with Crippen molar-refractivity contribution in [3.05, 3.63) is 41.5 Å². The van der Waals surface area contributed by atoms with Crippen molar-refractivity contribution in [1.82, 2.24) is 25.3 Å². The van der Waals surface area contributed by atoms with E-state index in [0.717, 1.165) is 31.7 Å². The van der Waals surface area contributed by atoms with E-state index in [1.54, 1.807) is 11.8 Å². The van der Waals surface area contributed by atoms with Crippen LogP contribution in [-0.2, 0) is 21.3 Å². The summed E-state index contributed by atoms with van der Waals surface area (Å²) in [6.07, 6.45) is -0.852. The molecule has 2 N–H and O–H groups in total. The highest BCUT2D eigenvalue weighted by Gasteiger charge is 2.40. The van der Waals surface area contributed by atoms with Gasteiger partial charge in [-0.15, -0.1) is 0 Å². The first-order valence-electron chi connectivity index (χ1n) is 11.7. The molecule has 4 rings (SSSR count). The maximum Gasteiger partial charge on any atom is 0.418 e. The van der Waals surface area contributed by atoms with E-state index >= 15 is 0 Å². The second-order valence-electron chi connectivity index (χ2n) is 9.03. The van der Waals surface area contributed by atoms with E-state index < -0.39 is 23.2 Å². The Labute approximate surface area is 201 Å². The zero-order valence-electron chi connectivity index (χ0n) is 19.5. The number of hydrogen-bond donors (Lipinski definition) is 2. The van der Waals surface area contributed by atoms with Crippen LogP contribution in [-0.4, -0.2) is 71.0 Å². The monoisotopic (exact) mass is 494 g/mol. The number of nitrogens with zero attached hydrogens (tertiary/aromatic N) is 4. The Kier molecular flexibility index (Phi) is 7.41. The number of para-hydroxylation sites is 1. The second-order valence-corrected chi connectivity index (χ2v) is 9.03. The predicted molar refractivity (Wildman–Crippen MR) is 120 cm³/mol. The minimum atomic E-state index is -4.55. The number of nitrogens with one attached hydrogen (secondary N) is 2. The molecule has 12 heteroatoms. The fraction of sp³-hybridized carbons (Fsp3) is 0.565. The zero-order chi connectivity index (χ0) is 25.1. The van der Waals surface area contributed by atoms with Gasteiger partial charge in [0, 0.05) is 33.1 Å². The number of piperazine rings is 1. The lowest BCUT2D eigenvalue weighted by molar-refractivity contribution is -0.137. The Morgan fingerprint density at radius 3 is 2.43 bits per heavy atom. The molecule has 2 amide bonds. The van der Waals surface area contributed by atoms with Gasteiger partial charge in [0.25, 0.3) is 0 Å². The summed E-state index contributed by atoms with van der Waals surface area (Å²) in [5.41, 5.74) is -1.60. The van der Waals surface area contributed by atoms with Crippen molar-refractivity contribution in [3.8, 4) is 0 Å². The van der Waals surface area contributed by atoms with Crippen molar-refractivity contribution in [3.63, 3.8) is 0 Å². The third kappa shape index (κ3) is 5.99. The van der Waals surface area contributed by atoms with Crippen LogP contribution < -0.4 is 10.6 Å². The first kappa shape index (κ1) is 25.1. The summed E-state index contributed by atoms with van der Waals surface area (Å²) in [5.74, 6) is 0.492. The van der Waals surface area contributed by atoms with Crippen LogP contribution in [0.4, 0.5) is 18.9 Å². The number of aromatic nitrogens is 2. The van der Waals surface area contributed by atoms with E-state index in [2.05, 4.69) is 20.8 Å². The molecule has 2 fully saturated rings. The maximum absolute atomic E-state index is 13.1. The summed E-state index contributed by atoms with van der Waals surface area (Å²) < 4.78 is 44.6. The molecule has 2 aromatic rings. The first-order chi connectivity index (χ1) is 16.7. The number of carbonyl (C=O) groups excluding carboxylic acids is 2. The van der Waals surface area contributed by atoms with Gasteiger partial charge in [-0.3, -0.25) is 19.8 Å². The number of carbonyl (C=O) groups is 2. The minimum absolute atomic E-state index is 0.0488. The largest absolute Gasteiger partial charge is 0.418 e. The maximum atomic E-state index is 13.1. The molecule has 1 saturated heterocycles. The van der Waals surface area contributed by atoms with E-state index in [-0.39, 0.29) is 24.7 Å². The van der Waals surface area contributed by atoms with E-state index in [4.69, 9.17) is 4.52 Å². The third-order valence-electron chi connectivity index (χ3n) is 6.59. The molecule has 0 spiro atoms. The highest BCUT2D eigenvalue weighted by atomic mass is 19.4. The molecular formula is C23H29F3N6O3. The lowest BCUT2D eigenvalue weighted by Gasteiger charge is -2.35. The first-order valence-corrected chi connectivity index (χ1v) is 11.7. The Morgan fingerprint density at radius 1 is 1.11 bits per heavy atom. The summed E-state index contributed by atoms with van der Waals surface area (Å²) in [5, 5.41) is 9.79. The average molecular weight is 495 g/mol. The van der Waals surface area contributed by atoms with Crippen molar-refractivity contribution in [2.75, 3.05) is 44.6 Å². The van der Waals surface area contributed by atoms with Gasteiger partial charge in [-0.25, -0.2) is 0 Å². The number of alkyl halides is 3. The molecule has 0 atom stereocenters. The van der Waals surface area contributed by atoms with Crippen molar-refractivity contribution >= 4 is 17.5 Å². The van der Waals surface area contributed by atoms with Crippen molar-refractivity contribution in [2.24, 2.45) is 0 Å². The van der Waals surface area contributed by atoms with Crippen LogP contribution in [0.2, 0.25) is 0 Å². The lowest BCUT2D eigenvalue weighted by Crippen LogP contribution is -2.53. The molecule has 9 nitrogen and oxygen atoms in total. The van der Waals surface area contributed by atoms with Crippen LogP contribution in [0, 0.1) is 6.92 Å². The molecule has 0 radical (unpaired) electrons. The lowest BCUT2D eigenvalue weighted by atomic mass is 9.96. The SMILES string of the molecule is Cc1nc(C2(NCC(=O)N3CCN(CC(=O)Nc4ccccc4C(F)(F)F)CC3)CCCC2)no1. The third-order valence-corrected chi connectivity index (χ3v) is 6.59. The summed E-state index contributed by atoms with van der Waals surface area (Å²) in [6.45, 7) is 3.60. The quantitative estimate of drug-likeness (QED) is 0.610. The Balaban J connectivity index is 1.25. The molecule has 1 saturated carbocycles. The van der Waals surface area contributed by atoms with Crippen LogP contribution in [0.3, 0.4) is 0 Å². The van der Waals surface area contributed by atoms with Gasteiger partial charge in [0.1, 0.15) is 0 Å². The summed E-state index contributed by atoms with van der Waals surface area (Å²) in [4.78, 5) is 33.1. The van der Waals surface area contributed by atoms with Gasteiger partial charge >= 0.3 is 6.18 Å². The smallest absolute Gasteiger partial charge is 0.340 e. The molecule has 0 unspecified atom stereocenters. The van der Waals surface area contributed by atoms with Crippen LogP contribution in [0.25, 0.3) is 0 Å². The van der Waals surface area contributed by atoms with E-state index in [0.29, 0.717) is 37.9 Å². The molecule has 2 aliphatic rings. The predicted octanol–water partition coefficient (Wildman–Crippen LogP) is 2.54. The summed E-state index contributed by atoms with van der Waals surface area (Å²) >= 11 is 0. The Bertz CT molecular complexity index is 1040. The molecule has 190 valence electrons. The van der Waals surface area contributed by atoms with Crippen LogP contribution >= 0.6 is 0 Å². The van der Waals surface area contributed by atoms with Gasteiger partial charge < -0.3 is 14.7 Å². The Hall–Kier alpha value is -2.99. The number of halogens is 3. The van der Waals surface area contributed by atoms with Gasteiger partial charge in [0.15, 0.2) is 5.82 Å². The van der Waals surface area contributed by atoms with Crippen molar-refractivity contribution in [2.45, 2.75) is 44.3 Å². The molecule has 1 aliphatic heterocycles. The molecule has 1 aromatic heterocycles. The molecule has 2 heterocycles. The molecule has 0 bridgehead atoms. The van der Waals surface area contributed by atoms with Gasteiger partial charge in [0.2, 0.25) is 17.7 Å². The van der Waals surface area contributed by atoms with Crippen LogP contribution in [0.1, 0.15) is 43.0 Å². The second kappa shape index (κ2) is 10.3. The van der Waals surface area contributed by atoms with E-state index in [9.17, 15) is 22.8 Å². The van der Waals surface area contributed by atoms with Crippen molar-refractivity contribution in [1.29, 1.82) is 0 Å². The van der Waals surface area contributed by atoms with Gasteiger partial charge in [-0.2, -0.15) is 18.2 Å². The average Bonchev–Trinajstić information content (AvgIpc) is 3.47. The van der Waals surface area contributed by atoms with Gasteiger partial charge in [0.05, 0.1) is 29.9 Å². The number of benzene rings is 1. The molecule has 1 aromatic carbocycles. The number of anilines is 1. The topological polar surface area (TPSA) is 104 Å². The van der Waals surface area contributed by atoms with Gasteiger partial charge in [-0.05, 0) is 25.0 Å². The van der Waals surface area contributed by atoms with Crippen LogP contribution in [0.15, 0.2) is 28.8 Å². The fourth-order valence-corrected chi connectivity index (χ4v) is 4.70. The number of amides is 2. The Morgan fingerprint density at radius 2 is 1.80 bits per heavy atom. The van der Waals surface area contributed by atoms with Crippen LogP contribution in [0.5, 0.6) is 0 Å². The summed E-state index contributed by atoms with van der Waals surface area (Å²) in [7, 11) is 0. The minimum Gasteiger partial charge on any atom is -0.340 e. The van der Waals surface area contributed by atoms with Gasteiger partial charge in [-0.1, -0.05) is 30.1 Å². The standard InChI is InChI=1S/C23H29F3N6O3/c1-16-28-21(30-35-16)22(8-4-5-9-22)27-14-20(34)32-12-10-31(11-13-32)15-19(33)29-18-7-3-2-6-17(18)23(24,25)26/h2-3,6-7,27H,4-5,8-15H2,1H3,(H,29,33). The highest BCUT2D eigenvalue weighted by molar-refractivity contribution is 5.93. The zero-order valence-corrected chi connectivity index (χ0v) is 19.5. The van der Waals surface area contributed by atoms with E-state index in [1.807, 2.05) is 4.90 Å². The number of hydrogen-bond acceptors (Lipinski definition) is 7. The molecular weight excluding hydrogens is 465 g/mol. The molecule has 1 aliphatic carbocycles. The fourth-order valence-electron chi connectivity index (χ4n) is 4.70. The van der Waals surface area contributed by atoms with Crippen molar-refractivity contribution < 1.29 is 27.3 Å². The molecule has 35 heavy (non-hydrogen) atoms. The number of rotatable bonds is 7. The highest BCUT2D eigenvalue weighted by Crippen LogP contribution is 2.37.